The molecule has 15 heavy (non-hydrogen) atoms. The molecular formula is C13H11O2. The Morgan fingerprint density at radius 1 is 1.00 bits per heavy atom. The van der Waals surface area contributed by atoms with E-state index in [9.17, 15) is 5.11 Å². The SMILES string of the molecule is COc1cc([O])ccc1-c1ccccc1. The van der Waals surface area contributed by atoms with E-state index in [0.29, 0.717) is 5.75 Å². The number of hydrogen-bond acceptors (Lipinski definition) is 1. The highest BCUT2D eigenvalue weighted by Gasteiger charge is 2.06. The molecule has 2 aromatic rings. The van der Waals surface area contributed by atoms with Gasteiger partial charge in [-0.1, -0.05) is 30.3 Å². The van der Waals surface area contributed by atoms with Crippen LogP contribution in [0.1, 0.15) is 0 Å². The number of ether oxygens (including phenoxy) is 1. The summed E-state index contributed by atoms with van der Waals surface area (Å²) in [6.45, 7) is 0. The molecule has 0 spiro atoms. The van der Waals surface area contributed by atoms with E-state index in [2.05, 4.69) is 0 Å². The fraction of sp³-hybridized carbons (Fsp3) is 0.0769. The number of benzene rings is 2. The standard InChI is InChI=1S/C13H11O2/c1-15-13-9-11(14)7-8-12(13)10-5-3-2-4-6-10/h2-9H,1H3. The first-order chi connectivity index (χ1) is 7.31. The molecule has 0 unspecified atom stereocenters. The fourth-order valence-electron chi connectivity index (χ4n) is 1.53. The van der Waals surface area contributed by atoms with Gasteiger partial charge < -0.3 is 4.74 Å². The maximum absolute atomic E-state index is 11.2. The summed E-state index contributed by atoms with van der Waals surface area (Å²) in [6, 6.07) is 14.7. The van der Waals surface area contributed by atoms with E-state index in [-0.39, 0.29) is 5.75 Å². The van der Waals surface area contributed by atoms with Gasteiger partial charge in [-0.3, -0.25) is 5.11 Å². The molecule has 0 aliphatic heterocycles. The van der Waals surface area contributed by atoms with Crippen LogP contribution in [0.2, 0.25) is 0 Å². The Hall–Kier alpha value is -1.96. The van der Waals surface area contributed by atoms with Crippen molar-refractivity contribution in [2.24, 2.45) is 0 Å². The minimum absolute atomic E-state index is 0.0356. The summed E-state index contributed by atoms with van der Waals surface area (Å²) in [5, 5.41) is 11.2. The van der Waals surface area contributed by atoms with Crippen LogP contribution < -0.4 is 4.74 Å². The van der Waals surface area contributed by atoms with Crippen LogP contribution in [0.5, 0.6) is 11.5 Å². The first kappa shape index (κ1) is 9.59. The van der Waals surface area contributed by atoms with Crippen LogP contribution in [0.4, 0.5) is 0 Å². The number of hydrogen-bond donors (Lipinski definition) is 0. The second-order valence-corrected chi connectivity index (χ2v) is 3.23. The largest absolute Gasteiger partial charge is 0.496 e. The van der Waals surface area contributed by atoms with Crippen LogP contribution in [-0.4, -0.2) is 7.11 Å². The predicted molar refractivity (Wildman–Crippen MR) is 58.6 cm³/mol. The summed E-state index contributed by atoms with van der Waals surface area (Å²) >= 11 is 0. The lowest BCUT2D eigenvalue weighted by Gasteiger charge is -2.07. The Bertz CT molecular complexity index is 449. The van der Waals surface area contributed by atoms with Crippen LogP contribution in [-0.2, 0) is 5.11 Å². The van der Waals surface area contributed by atoms with Gasteiger partial charge in [0.2, 0.25) is 0 Å². The molecule has 0 heterocycles. The summed E-state index contributed by atoms with van der Waals surface area (Å²) in [5.41, 5.74) is 1.99. The molecule has 0 aliphatic carbocycles. The molecule has 0 saturated heterocycles. The van der Waals surface area contributed by atoms with E-state index in [4.69, 9.17) is 4.74 Å². The van der Waals surface area contributed by atoms with Crippen LogP contribution in [0.25, 0.3) is 11.1 Å². The lowest BCUT2D eigenvalue weighted by atomic mass is 10.0. The molecular weight excluding hydrogens is 188 g/mol. The van der Waals surface area contributed by atoms with Crippen molar-refractivity contribution in [2.75, 3.05) is 7.11 Å². The van der Waals surface area contributed by atoms with E-state index < -0.39 is 0 Å². The molecule has 0 bridgehead atoms. The van der Waals surface area contributed by atoms with Crippen LogP contribution in [0.15, 0.2) is 48.5 Å². The molecule has 0 aromatic heterocycles. The van der Waals surface area contributed by atoms with Gasteiger partial charge in [0.15, 0.2) is 5.75 Å². The van der Waals surface area contributed by atoms with E-state index in [1.54, 1.807) is 19.2 Å². The Balaban J connectivity index is 2.53. The van der Waals surface area contributed by atoms with Crippen molar-refractivity contribution in [1.29, 1.82) is 0 Å². The van der Waals surface area contributed by atoms with E-state index in [0.717, 1.165) is 11.1 Å². The number of rotatable bonds is 2. The second-order valence-electron chi connectivity index (χ2n) is 3.23. The van der Waals surface area contributed by atoms with Gasteiger partial charge in [-0.15, -0.1) is 0 Å². The molecule has 0 saturated carbocycles. The summed E-state index contributed by atoms with van der Waals surface area (Å²) in [7, 11) is 1.57. The quantitative estimate of drug-likeness (QED) is 0.727. The van der Waals surface area contributed by atoms with Crippen LogP contribution in [0.3, 0.4) is 0 Å². The van der Waals surface area contributed by atoms with Crippen molar-refractivity contribution in [1.82, 2.24) is 0 Å². The molecule has 2 aromatic carbocycles. The average molecular weight is 199 g/mol. The van der Waals surface area contributed by atoms with Gasteiger partial charge in [-0.05, 0) is 17.7 Å². The third kappa shape index (κ3) is 1.94. The highest BCUT2D eigenvalue weighted by molar-refractivity contribution is 5.71. The predicted octanol–water partition coefficient (Wildman–Crippen LogP) is 3.51. The Morgan fingerprint density at radius 3 is 2.40 bits per heavy atom. The zero-order valence-electron chi connectivity index (χ0n) is 8.44. The van der Waals surface area contributed by atoms with Gasteiger partial charge in [-0.25, -0.2) is 0 Å². The highest BCUT2D eigenvalue weighted by atomic mass is 16.5. The van der Waals surface area contributed by atoms with E-state index in [1.165, 1.54) is 6.07 Å². The van der Waals surface area contributed by atoms with Gasteiger partial charge in [-0.2, -0.15) is 0 Å². The lowest BCUT2D eigenvalue weighted by molar-refractivity contribution is 0.349. The van der Waals surface area contributed by atoms with Gasteiger partial charge in [0.1, 0.15) is 5.75 Å². The lowest BCUT2D eigenvalue weighted by Crippen LogP contribution is -1.86. The Labute approximate surface area is 88.8 Å². The minimum Gasteiger partial charge on any atom is -0.496 e. The zero-order valence-corrected chi connectivity index (χ0v) is 8.44. The fourth-order valence-corrected chi connectivity index (χ4v) is 1.53. The Kier molecular flexibility index (Phi) is 2.59. The van der Waals surface area contributed by atoms with Crippen molar-refractivity contribution in [3.8, 4) is 22.6 Å². The van der Waals surface area contributed by atoms with Gasteiger partial charge in [0, 0.05) is 11.6 Å². The normalized spacial score (nSPS) is 9.93. The summed E-state index contributed by atoms with van der Waals surface area (Å²) in [5.74, 6) is 0.584. The van der Waals surface area contributed by atoms with Crippen LogP contribution >= 0.6 is 0 Å². The van der Waals surface area contributed by atoms with Crippen molar-refractivity contribution < 1.29 is 9.84 Å². The molecule has 0 amide bonds. The van der Waals surface area contributed by atoms with Crippen LogP contribution in [0, 0.1) is 0 Å². The summed E-state index contributed by atoms with van der Waals surface area (Å²) < 4.78 is 5.18. The first-order valence-corrected chi connectivity index (χ1v) is 4.72. The van der Waals surface area contributed by atoms with Gasteiger partial charge in [0.25, 0.3) is 0 Å². The molecule has 0 fully saturated rings. The molecule has 2 heteroatoms. The summed E-state index contributed by atoms with van der Waals surface area (Å²) in [6.07, 6.45) is 0. The third-order valence-corrected chi connectivity index (χ3v) is 2.26. The molecule has 0 atom stereocenters. The number of methoxy groups -OCH3 is 1. The average Bonchev–Trinajstić information content (AvgIpc) is 2.30. The molecule has 2 rings (SSSR count). The smallest absolute Gasteiger partial charge is 0.182 e. The van der Waals surface area contributed by atoms with Crippen molar-refractivity contribution in [3.63, 3.8) is 0 Å². The molecule has 0 aliphatic rings. The zero-order chi connectivity index (χ0) is 10.7. The maximum Gasteiger partial charge on any atom is 0.182 e. The van der Waals surface area contributed by atoms with E-state index in [1.807, 2.05) is 30.3 Å². The minimum atomic E-state index is -0.0356. The summed E-state index contributed by atoms with van der Waals surface area (Å²) in [4.78, 5) is 0. The Morgan fingerprint density at radius 2 is 1.73 bits per heavy atom. The van der Waals surface area contributed by atoms with Crippen molar-refractivity contribution in [3.05, 3.63) is 48.5 Å². The van der Waals surface area contributed by atoms with Crippen molar-refractivity contribution in [2.45, 2.75) is 0 Å². The molecule has 0 N–H and O–H groups in total. The molecule has 2 nitrogen and oxygen atoms in total. The van der Waals surface area contributed by atoms with Crippen molar-refractivity contribution >= 4 is 0 Å². The monoisotopic (exact) mass is 199 g/mol. The first-order valence-electron chi connectivity index (χ1n) is 4.72. The maximum atomic E-state index is 11.2. The second kappa shape index (κ2) is 4.05. The topological polar surface area (TPSA) is 29.1 Å². The molecule has 75 valence electrons. The molecule has 1 radical (unpaired) electrons. The van der Waals surface area contributed by atoms with Gasteiger partial charge in [0.05, 0.1) is 7.11 Å². The third-order valence-electron chi connectivity index (χ3n) is 2.26. The van der Waals surface area contributed by atoms with Gasteiger partial charge >= 0.3 is 0 Å². The highest BCUT2D eigenvalue weighted by Crippen LogP contribution is 2.32. The van der Waals surface area contributed by atoms with E-state index >= 15 is 0 Å².